The van der Waals surface area contributed by atoms with E-state index in [9.17, 15) is 5.11 Å². The summed E-state index contributed by atoms with van der Waals surface area (Å²) in [4.78, 5) is 0. The van der Waals surface area contributed by atoms with Crippen LogP contribution in [0.4, 0.5) is 0 Å². The molecule has 0 bridgehead atoms. The highest BCUT2D eigenvalue weighted by atomic mass is 16.5. The average Bonchev–Trinajstić information content (AvgIpc) is 2.10. The Labute approximate surface area is 81.5 Å². The Morgan fingerprint density at radius 1 is 1.38 bits per heavy atom. The van der Waals surface area contributed by atoms with Crippen LogP contribution in [-0.4, -0.2) is 37.5 Å². The zero-order valence-electron chi connectivity index (χ0n) is 9.05. The lowest BCUT2D eigenvalue weighted by atomic mass is 10.2. The van der Waals surface area contributed by atoms with Crippen LogP contribution in [0.25, 0.3) is 0 Å². The second-order valence-corrected chi connectivity index (χ2v) is 3.73. The molecule has 0 aromatic rings. The van der Waals surface area contributed by atoms with Gasteiger partial charge in [0.05, 0.1) is 12.7 Å². The Kier molecular flexibility index (Phi) is 8.40. The molecule has 13 heavy (non-hydrogen) atoms. The number of aliphatic hydroxyl groups is 1. The van der Waals surface area contributed by atoms with Crippen LogP contribution in [0.3, 0.4) is 0 Å². The van der Waals surface area contributed by atoms with E-state index in [2.05, 4.69) is 19.2 Å². The van der Waals surface area contributed by atoms with Gasteiger partial charge >= 0.3 is 0 Å². The van der Waals surface area contributed by atoms with Crippen molar-refractivity contribution < 1.29 is 9.84 Å². The first-order chi connectivity index (χ1) is 6.16. The van der Waals surface area contributed by atoms with E-state index in [1.54, 1.807) is 0 Å². The van der Waals surface area contributed by atoms with Gasteiger partial charge in [-0.25, -0.2) is 0 Å². The van der Waals surface area contributed by atoms with Gasteiger partial charge in [-0.1, -0.05) is 20.8 Å². The SMILES string of the molecule is CCC(O)CNCCOCC(C)C. The van der Waals surface area contributed by atoms with E-state index in [1.807, 2.05) is 6.92 Å². The highest BCUT2D eigenvalue weighted by Crippen LogP contribution is 1.91. The maximum atomic E-state index is 9.20. The molecule has 0 heterocycles. The van der Waals surface area contributed by atoms with Gasteiger partial charge in [-0.15, -0.1) is 0 Å². The molecule has 0 aliphatic heterocycles. The van der Waals surface area contributed by atoms with Crippen molar-refractivity contribution in [3.8, 4) is 0 Å². The summed E-state index contributed by atoms with van der Waals surface area (Å²) in [6, 6.07) is 0. The number of rotatable bonds is 8. The number of hydrogen-bond donors (Lipinski definition) is 2. The van der Waals surface area contributed by atoms with Gasteiger partial charge < -0.3 is 15.2 Å². The average molecular weight is 189 g/mol. The molecule has 0 rings (SSSR count). The van der Waals surface area contributed by atoms with E-state index in [4.69, 9.17) is 4.74 Å². The van der Waals surface area contributed by atoms with Crippen molar-refractivity contribution in [2.45, 2.75) is 33.3 Å². The summed E-state index contributed by atoms with van der Waals surface area (Å²) in [5.41, 5.74) is 0. The van der Waals surface area contributed by atoms with Crippen LogP contribution in [0, 0.1) is 5.92 Å². The lowest BCUT2D eigenvalue weighted by Gasteiger charge is -2.10. The minimum atomic E-state index is -0.218. The molecular formula is C10H23NO2. The third-order valence-electron chi connectivity index (χ3n) is 1.73. The molecule has 3 nitrogen and oxygen atoms in total. The summed E-state index contributed by atoms with van der Waals surface area (Å²) in [6.45, 7) is 9.28. The van der Waals surface area contributed by atoms with Crippen LogP contribution in [-0.2, 0) is 4.74 Å². The minimum Gasteiger partial charge on any atom is -0.392 e. The number of aliphatic hydroxyl groups excluding tert-OH is 1. The Bertz CT molecular complexity index is 107. The lowest BCUT2D eigenvalue weighted by molar-refractivity contribution is 0.106. The molecule has 1 atom stereocenters. The predicted octanol–water partition coefficient (Wildman–Crippen LogP) is 1.02. The van der Waals surface area contributed by atoms with Crippen molar-refractivity contribution in [1.29, 1.82) is 0 Å². The van der Waals surface area contributed by atoms with Crippen molar-refractivity contribution in [1.82, 2.24) is 5.32 Å². The largest absolute Gasteiger partial charge is 0.392 e. The first-order valence-corrected chi connectivity index (χ1v) is 5.13. The second-order valence-electron chi connectivity index (χ2n) is 3.73. The highest BCUT2D eigenvalue weighted by molar-refractivity contribution is 4.56. The van der Waals surface area contributed by atoms with Crippen molar-refractivity contribution in [2.75, 3.05) is 26.3 Å². The molecule has 0 saturated carbocycles. The number of hydrogen-bond acceptors (Lipinski definition) is 3. The summed E-state index contributed by atoms with van der Waals surface area (Å²) in [7, 11) is 0. The van der Waals surface area contributed by atoms with E-state index in [0.29, 0.717) is 12.5 Å². The lowest BCUT2D eigenvalue weighted by Crippen LogP contribution is -2.29. The quantitative estimate of drug-likeness (QED) is 0.560. The van der Waals surface area contributed by atoms with Gasteiger partial charge in [0.25, 0.3) is 0 Å². The van der Waals surface area contributed by atoms with Crippen LogP contribution in [0.2, 0.25) is 0 Å². The normalized spacial score (nSPS) is 13.6. The van der Waals surface area contributed by atoms with Gasteiger partial charge in [-0.2, -0.15) is 0 Å². The number of nitrogens with one attached hydrogen (secondary N) is 1. The molecule has 0 spiro atoms. The van der Waals surface area contributed by atoms with Crippen LogP contribution >= 0.6 is 0 Å². The molecule has 0 aliphatic rings. The summed E-state index contributed by atoms with van der Waals surface area (Å²) >= 11 is 0. The fraction of sp³-hybridized carbons (Fsp3) is 1.00. The molecule has 0 saturated heterocycles. The van der Waals surface area contributed by atoms with Crippen LogP contribution in [0.1, 0.15) is 27.2 Å². The Balaban J connectivity index is 2.99. The van der Waals surface area contributed by atoms with E-state index >= 15 is 0 Å². The fourth-order valence-corrected chi connectivity index (χ4v) is 0.876. The van der Waals surface area contributed by atoms with Crippen LogP contribution in [0.15, 0.2) is 0 Å². The minimum absolute atomic E-state index is 0.218. The monoisotopic (exact) mass is 189 g/mol. The summed E-state index contributed by atoms with van der Waals surface area (Å²) in [6.07, 6.45) is 0.588. The first-order valence-electron chi connectivity index (χ1n) is 5.13. The molecule has 0 aromatic carbocycles. The molecule has 0 fully saturated rings. The molecule has 2 N–H and O–H groups in total. The van der Waals surface area contributed by atoms with Crippen molar-refractivity contribution in [3.05, 3.63) is 0 Å². The van der Waals surface area contributed by atoms with E-state index in [1.165, 1.54) is 0 Å². The fourth-order valence-electron chi connectivity index (χ4n) is 0.876. The van der Waals surface area contributed by atoms with Crippen LogP contribution < -0.4 is 5.32 Å². The molecule has 0 aliphatic carbocycles. The van der Waals surface area contributed by atoms with Gasteiger partial charge in [0.1, 0.15) is 0 Å². The molecule has 80 valence electrons. The van der Waals surface area contributed by atoms with Crippen LogP contribution in [0.5, 0.6) is 0 Å². The topological polar surface area (TPSA) is 41.5 Å². The predicted molar refractivity (Wildman–Crippen MR) is 54.8 cm³/mol. The molecular weight excluding hydrogens is 166 g/mol. The highest BCUT2D eigenvalue weighted by Gasteiger charge is 1.98. The van der Waals surface area contributed by atoms with Gasteiger partial charge in [0, 0.05) is 19.7 Å². The standard InChI is InChI=1S/C10H23NO2/c1-4-10(12)7-11-5-6-13-8-9(2)3/h9-12H,4-8H2,1-3H3. The van der Waals surface area contributed by atoms with Crippen molar-refractivity contribution >= 4 is 0 Å². The molecule has 0 radical (unpaired) electrons. The van der Waals surface area contributed by atoms with Gasteiger partial charge in [0.15, 0.2) is 0 Å². The van der Waals surface area contributed by atoms with Crippen molar-refractivity contribution in [2.24, 2.45) is 5.92 Å². The summed E-state index contributed by atoms with van der Waals surface area (Å²) in [5.74, 6) is 0.598. The molecule has 0 amide bonds. The Morgan fingerprint density at radius 3 is 2.62 bits per heavy atom. The Morgan fingerprint density at radius 2 is 2.08 bits per heavy atom. The van der Waals surface area contributed by atoms with E-state index < -0.39 is 0 Å². The summed E-state index contributed by atoms with van der Waals surface area (Å²) in [5, 5.41) is 12.3. The van der Waals surface area contributed by atoms with Gasteiger partial charge in [0.2, 0.25) is 0 Å². The van der Waals surface area contributed by atoms with E-state index in [-0.39, 0.29) is 6.10 Å². The second kappa shape index (κ2) is 8.48. The summed E-state index contributed by atoms with van der Waals surface area (Å²) < 4.78 is 5.37. The van der Waals surface area contributed by atoms with E-state index in [0.717, 1.165) is 26.2 Å². The third kappa shape index (κ3) is 9.80. The zero-order chi connectivity index (χ0) is 10.1. The van der Waals surface area contributed by atoms with Crippen molar-refractivity contribution in [3.63, 3.8) is 0 Å². The molecule has 1 unspecified atom stereocenters. The first kappa shape index (κ1) is 12.9. The third-order valence-corrected chi connectivity index (χ3v) is 1.73. The zero-order valence-corrected chi connectivity index (χ0v) is 9.05. The maximum absolute atomic E-state index is 9.20. The van der Waals surface area contributed by atoms with Gasteiger partial charge in [-0.05, 0) is 12.3 Å². The van der Waals surface area contributed by atoms with Gasteiger partial charge in [-0.3, -0.25) is 0 Å². The Hall–Kier alpha value is -0.120. The smallest absolute Gasteiger partial charge is 0.0662 e. The molecule has 0 aromatic heterocycles. The maximum Gasteiger partial charge on any atom is 0.0662 e. The molecule has 3 heteroatoms. The number of ether oxygens (including phenoxy) is 1.